The van der Waals surface area contributed by atoms with Crippen LogP contribution < -0.4 is 5.32 Å². The Morgan fingerprint density at radius 1 is 1.53 bits per heavy atom. The Kier molecular flexibility index (Phi) is 3.61. The molecule has 1 saturated heterocycles. The molecule has 0 aromatic heterocycles. The van der Waals surface area contributed by atoms with Gasteiger partial charge >= 0.3 is 5.97 Å². The molecule has 2 rings (SSSR count). The van der Waals surface area contributed by atoms with Crippen LogP contribution in [0.4, 0.5) is 0 Å². The fraction of sp³-hybridized carbons (Fsp3) is 0.417. The van der Waals surface area contributed by atoms with Crippen LogP contribution in [0, 0.1) is 0 Å². The third-order valence-electron chi connectivity index (χ3n) is 2.79. The summed E-state index contributed by atoms with van der Waals surface area (Å²) in [7, 11) is 1.33. The molecule has 0 bridgehead atoms. The van der Waals surface area contributed by atoms with Gasteiger partial charge in [-0.2, -0.15) is 0 Å². The average Bonchev–Trinajstić information content (AvgIpc) is 2.39. The van der Waals surface area contributed by atoms with Gasteiger partial charge in [0.05, 0.1) is 19.8 Å². The summed E-state index contributed by atoms with van der Waals surface area (Å²) in [6.07, 6.45) is -0.567. The lowest BCUT2D eigenvalue weighted by molar-refractivity contribution is -0.156. The number of methoxy groups -OCH3 is 1. The van der Waals surface area contributed by atoms with Crippen molar-refractivity contribution in [3.8, 4) is 5.75 Å². The molecule has 1 aliphatic rings. The number of morpholine rings is 1. The summed E-state index contributed by atoms with van der Waals surface area (Å²) in [6.45, 7) is 0.711. The van der Waals surface area contributed by atoms with Crippen LogP contribution in [0.5, 0.6) is 5.75 Å². The van der Waals surface area contributed by atoms with Gasteiger partial charge in [-0.1, -0.05) is 18.2 Å². The molecule has 5 nitrogen and oxygen atoms in total. The fourth-order valence-corrected chi connectivity index (χ4v) is 1.84. The minimum atomic E-state index is -0.567. The van der Waals surface area contributed by atoms with E-state index in [0.717, 1.165) is 5.56 Å². The molecule has 1 heterocycles. The van der Waals surface area contributed by atoms with E-state index in [0.29, 0.717) is 13.2 Å². The van der Waals surface area contributed by atoms with Crippen molar-refractivity contribution in [2.45, 2.75) is 12.1 Å². The van der Waals surface area contributed by atoms with Crippen LogP contribution in [0.15, 0.2) is 24.3 Å². The Balaban J connectivity index is 2.00. The van der Waals surface area contributed by atoms with Crippen molar-refractivity contribution in [3.05, 3.63) is 29.8 Å². The van der Waals surface area contributed by atoms with Gasteiger partial charge in [-0.05, 0) is 6.07 Å². The number of para-hydroxylation sites is 1. The number of carbonyl (C=O) groups excluding carboxylic acids is 1. The molecule has 0 aliphatic carbocycles. The lowest BCUT2D eigenvalue weighted by Crippen LogP contribution is -2.45. The number of benzene rings is 1. The zero-order chi connectivity index (χ0) is 12.3. The number of ether oxygens (including phenoxy) is 2. The second-order valence-corrected chi connectivity index (χ2v) is 3.86. The molecule has 1 aromatic rings. The van der Waals surface area contributed by atoms with E-state index in [1.54, 1.807) is 12.1 Å². The van der Waals surface area contributed by atoms with Crippen molar-refractivity contribution in [1.29, 1.82) is 0 Å². The lowest BCUT2D eigenvalue weighted by Gasteiger charge is -2.29. The van der Waals surface area contributed by atoms with Crippen LogP contribution >= 0.6 is 0 Å². The van der Waals surface area contributed by atoms with E-state index in [4.69, 9.17) is 4.74 Å². The molecule has 2 N–H and O–H groups in total. The van der Waals surface area contributed by atoms with E-state index >= 15 is 0 Å². The maximum Gasteiger partial charge on any atom is 0.336 e. The molecule has 1 aliphatic heterocycles. The van der Waals surface area contributed by atoms with Crippen LogP contribution in [0.3, 0.4) is 0 Å². The van der Waals surface area contributed by atoms with Crippen molar-refractivity contribution in [2.75, 3.05) is 20.3 Å². The first-order chi connectivity index (χ1) is 8.22. The first-order valence-electron chi connectivity index (χ1n) is 5.43. The second kappa shape index (κ2) is 5.16. The molecule has 0 spiro atoms. The summed E-state index contributed by atoms with van der Waals surface area (Å²) in [4.78, 5) is 11.2. The van der Waals surface area contributed by atoms with E-state index < -0.39 is 6.10 Å². The number of hydrogen-bond donors (Lipinski definition) is 2. The van der Waals surface area contributed by atoms with Crippen molar-refractivity contribution in [1.82, 2.24) is 5.32 Å². The van der Waals surface area contributed by atoms with Gasteiger partial charge in [0.1, 0.15) is 5.75 Å². The van der Waals surface area contributed by atoms with Crippen LogP contribution in [0.2, 0.25) is 0 Å². The van der Waals surface area contributed by atoms with Gasteiger partial charge in [0.25, 0.3) is 0 Å². The standard InChI is InChI=1S/C12H15NO4/c1-16-12(15)11-6-13-9(7-17-11)8-4-2-3-5-10(8)14/h2-5,9,11,13-14H,6-7H2,1H3. The smallest absolute Gasteiger partial charge is 0.336 e. The van der Waals surface area contributed by atoms with Crippen LogP contribution in [0.1, 0.15) is 11.6 Å². The Labute approximate surface area is 99.3 Å². The van der Waals surface area contributed by atoms with E-state index in [-0.39, 0.29) is 17.8 Å². The number of rotatable bonds is 2. The normalized spacial score (nSPS) is 24.3. The number of esters is 1. The minimum Gasteiger partial charge on any atom is -0.508 e. The van der Waals surface area contributed by atoms with Gasteiger partial charge in [0.15, 0.2) is 6.10 Å². The highest BCUT2D eigenvalue weighted by Crippen LogP contribution is 2.25. The Morgan fingerprint density at radius 3 is 2.88 bits per heavy atom. The SMILES string of the molecule is COC(=O)C1CNC(c2ccccc2O)CO1. The van der Waals surface area contributed by atoms with Crippen molar-refractivity contribution >= 4 is 5.97 Å². The van der Waals surface area contributed by atoms with Gasteiger partial charge in [-0.3, -0.25) is 0 Å². The van der Waals surface area contributed by atoms with E-state index in [1.165, 1.54) is 7.11 Å². The second-order valence-electron chi connectivity index (χ2n) is 3.86. The highest BCUT2D eigenvalue weighted by Gasteiger charge is 2.28. The number of phenols is 1. The van der Waals surface area contributed by atoms with Gasteiger partial charge < -0.3 is 19.9 Å². The van der Waals surface area contributed by atoms with Crippen molar-refractivity contribution < 1.29 is 19.4 Å². The van der Waals surface area contributed by atoms with Gasteiger partial charge in [0, 0.05) is 12.1 Å². The fourth-order valence-electron chi connectivity index (χ4n) is 1.84. The summed E-state index contributed by atoms with van der Waals surface area (Å²) in [5.74, 6) is -0.154. The van der Waals surface area contributed by atoms with Gasteiger partial charge in [-0.25, -0.2) is 4.79 Å². The molecular weight excluding hydrogens is 222 g/mol. The molecular formula is C12H15NO4. The zero-order valence-corrected chi connectivity index (χ0v) is 9.55. The zero-order valence-electron chi connectivity index (χ0n) is 9.55. The Bertz CT molecular complexity index is 399. The van der Waals surface area contributed by atoms with Crippen LogP contribution in [0.25, 0.3) is 0 Å². The predicted molar refractivity (Wildman–Crippen MR) is 60.6 cm³/mol. The molecule has 17 heavy (non-hydrogen) atoms. The van der Waals surface area contributed by atoms with Crippen molar-refractivity contribution in [3.63, 3.8) is 0 Å². The summed E-state index contributed by atoms with van der Waals surface area (Å²) < 4.78 is 10.0. The maximum absolute atomic E-state index is 11.2. The minimum absolute atomic E-state index is 0.0999. The van der Waals surface area contributed by atoms with E-state index in [1.807, 2.05) is 12.1 Å². The molecule has 0 radical (unpaired) electrons. The number of nitrogens with one attached hydrogen (secondary N) is 1. The predicted octanol–water partition coefficient (Wildman–Crippen LogP) is 0.595. The molecule has 2 unspecified atom stereocenters. The topological polar surface area (TPSA) is 67.8 Å². The number of phenolic OH excluding ortho intramolecular Hbond substituents is 1. The molecule has 0 saturated carbocycles. The van der Waals surface area contributed by atoms with Crippen molar-refractivity contribution in [2.24, 2.45) is 0 Å². The highest BCUT2D eigenvalue weighted by atomic mass is 16.6. The molecule has 92 valence electrons. The average molecular weight is 237 g/mol. The first kappa shape index (κ1) is 11.9. The quantitative estimate of drug-likeness (QED) is 0.737. The van der Waals surface area contributed by atoms with Gasteiger partial charge in [0.2, 0.25) is 0 Å². The summed E-state index contributed by atoms with van der Waals surface area (Å²) >= 11 is 0. The number of carbonyl (C=O) groups is 1. The molecule has 1 aromatic carbocycles. The van der Waals surface area contributed by atoms with E-state index in [2.05, 4.69) is 10.1 Å². The largest absolute Gasteiger partial charge is 0.508 e. The van der Waals surface area contributed by atoms with Crippen LogP contribution in [-0.2, 0) is 14.3 Å². The van der Waals surface area contributed by atoms with Crippen LogP contribution in [-0.4, -0.2) is 37.4 Å². The van der Waals surface area contributed by atoms with E-state index in [9.17, 15) is 9.90 Å². The lowest BCUT2D eigenvalue weighted by atomic mass is 10.0. The van der Waals surface area contributed by atoms with Gasteiger partial charge in [-0.15, -0.1) is 0 Å². The monoisotopic (exact) mass is 237 g/mol. The number of aromatic hydroxyl groups is 1. The summed E-state index contributed by atoms with van der Waals surface area (Å²) in [5.41, 5.74) is 0.774. The molecule has 1 fully saturated rings. The molecule has 5 heteroatoms. The first-order valence-corrected chi connectivity index (χ1v) is 5.43. The third kappa shape index (κ3) is 2.57. The molecule has 0 amide bonds. The number of hydrogen-bond acceptors (Lipinski definition) is 5. The Morgan fingerprint density at radius 2 is 2.29 bits per heavy atom. The highest BCUT2D eigenvalue weighted by molar-refractivity contribution is 5.75. The maximum atomic E-state index is 11.2. The molecule has 2 atom stereocenters. The summed E-state index contributed by atoms with van der Waals surface area (Å²) in [5, 5.41) is 12.9. The summed E-state index contributed by atoms with van der Waals surface area (Å²) in [6, 6.07) is 6.97. The Hall–Kier alpha value is -1.59. The third-order valence-corrected chi connectivity index (χ3v) is 2.79.